The summed E-state index contributed by atoms with van der Waals surface area (Å²) in [6.45, 7) is 5.00. The van der Waals surface area contributed by atoms with Crippen LogP contribution in [0.25, 0.3) is 0 Å². The molecular formula is C15H18F12O2SSi. The normalized spacial score (nSPS) is 22.5. The predicted octanol–water partition coefficient (Wildman–Crippen LogP) is 6.29. The molecule has 0 aliphatic carbocycles. The molecule has 2 atom stereocenters. The van der Waals surface area contributed by atoms with E-state index in [0.29, 0.717) is 0 Å². The van der Waals surface area contributed by atoms with E-state index >= 15 is 0 Å². The second-order valence-electron chi connectivity index (χ2n) is 7.55. The first kappa shape index (κ1) is 28.3. The first-order valence-corrected chi connectivity index (χ1v) is 12.7. The lowest BCUT2D eigenvalue weighted by molar-refractivity contribution is -0.413. The van der Waals surface area contributed by atoms with Gasteiger partial charge in [-0.25, -0.2) is 8.78 Å². The quantitative estimate of drug-likeness (QED) is 0.264. The summed E-state index contributed by atoms with van der Waals surface area (Å²) in [6.07, 6.45) is -6.85. The van der Waals surface area contributed by atoms with E-state index in [1.807, 2.05) is 0 Å². The van der Waals surface area contributed by atoms with E-state index in [9.17, 15) is 52.7 Å². The van der Waals surface area contributed by atoms with Crippen LogP contribution in [-0.4, -0.2) is 68.6 Å². The number of ether oxygens (including phenoxy) is 1. The van der Waals surface area contributed by atoms with E-state index in [1.165, 1.54) is 0 Å². The van der Waals surface area contributed by atoms with Crippen LogP contribution in [0.2, 0.25) is 19.6 Å². The van der Waals surface area contributed by atoms with Gasteiger partial charge in [-0.3, -0.25) is 0 Å². The fraction of sp³-hybridized carbons (Fsp3) is 0.867. The van der Waals surface area contributed by atoms with Crippen LogP contribution in [0.4, 0.5) is 52.7 Å². The van der Waals surface area contributed by atoms with Crippen molar-refractivity contribution in [3.8, 4) is 0 Å². The number of methoxy groups -OCH3 is 1. The Morgan fingerprint density at radius 2 is 1.39 bits per heavy atom. The van der Waals surface area contributed by atoms with Crippen molar-refractivity contribution in [2.75, 3.05) is 12.9 Å². The van der Waals surface area contributed by atoms with E-state index in [0.717, 1.165) is 13.2 Å². The van der Waals surface area contributed by atoms with Gasteiger partial charge < -0.3 is 9.16 Å². The molecule has 0 bridgehead atoms. The van der Waals surface area contributed by atoms with Crippen LogP contribution in [0.5, 0.6) is 0 Å². The van der Waals surface area contributed by atoms with Gasteiger partial charge in [0.2, 0.25) is 8.32 Å². The molecule has 1 aliphatic rings. The molecule has 184 valence electrons. The summed E-state index contributed by atoms with van der Waals surface area (Å²) in [5, 5.41) is -2.96. The second kappa shape index (κ2) is 8.54. The molecule has 31 heavy (non-hydrogen) atoms. The largest absolute Gasteiger partial charge is 0.547 e. The molecule has 0 saturated heterocycles. The maximum atomic E-state index is 14.4. The van der Waals surface area contributed by atoms with Gasteiger partial charge in [0.25, 0.3) is 0 Å². The number of thioether (sulfide) groups is 1. The minimum absolute atomic E-state index is 0.0206. The van der Waals surface area contributed by atoms with Crippen LogP contribution in [0.3, 0.4) is 0 Å². The van der Waals surface area contributed by atoms with E-state index in [4.69, 9.17) is 4.43 Å². The fourth-order valence-electron chi connectivity index (χ4n) is 2.48. The molecule has 1 heterocycles. The lowest BCUT2D eigenvalue weighted by atomic mass is 9.91. The molecule has 16 heteroatoms. The second-order valence-corrected chi connectivity index (χ2v) is 13.1. The molecule has 0 radical (unpaired) electrons. The zero-order valence-electron chi connectivity index (χ0n) is 16.3. The van der Waals surface area contributed by atoms with Gasteiger partial charge in [0, 0.05) is 12.9 Å². The summed E-state index contributed by atoms with van der Waals surface area (Å²) in [5.74, 6) is -35.9. The summed E-state index contributed by atoms with van der Waals surface area (Å²) < 4.78 is 171. The van der Waals surface area contributed by atoms with Gasteiger partial charge >= 0.3 is 36.0 Å². The van der Waals surface area contributed by atoms with Crippen LogP contribution in [0.1, 0.15) is 0 Å². The Labute approximate surface area is 174 Å². The summed E-state index contributed by atoms with van der Waals surface area (Å²) in [5.41, 5.74) is 0. The summed E-state index contributed by atoms with van der Waals surface area (Å²) in [6, 6.07) is 0. The van der Waals surface area contributed by atoms with Crippen LogP contribution >= 0.6 is 11.8 Å². The number of rotatable bonds is 9. The highest BCUT2D eigenvalue weighted by Crippen LogP contribution is 2.60. The molecular weight excluding hydrogens is 500 g/mol. The van der Waals surface area contributed by atoms with Gasteiger partial charge in [-0.05, 0) is 25.7 Å². The third-order valence-electron chi connectivity index (χ3n) is 4.02. The van der Waals surface area contributed by atoms with Crippen molar-refractivity contribution in [2.45, 2.75) is 67.0 Å². The smallest absolute Gasteiger partial charge is 0.384 e. The molecule has 0 spiro atoms. The third-order valence-corrected chi connectivity index (χ3v) is 6.27. The zero-order valence-corrected chi connectivity index (χ0v) is 18.1. The topological polar surface area (TPSA) is 18.5 Å². The van der Waals surface area contributed by atoms with Gasteiger partial charge in [-0.2, -0.15) is 43.9 Å². The molecule has 0 N–H and O–H groups in total. The Balaban J connectivity index is 3.41. The van der Waals surface area contributed by atoms with Crippen molar-refractivity contribution < 1.29 is 61.8 Å². The fourth-order valence-corrected chi connectivity index (χ4v) is 4.74. The Hall–Kier alpha value is -0.773. The number of halogens is 12. The summed E-state index contributed by atoms with van der Waals surface area (Å²) in [7, 11) is -1.60. The highest BCUT2D eigenvalue weighted by molar-refractivity contribution is 8.00. The molecule has 1 aliphatic heterocycles. The average Bonchev–Trinajstić information content (AvgIpc) is 2.59. The minimum Gasteiger partial charge on any atom is -0.547 e. The van der Waals surface area contributed by atoms with Gasteiger partial charge in [-0.1, -0.05) is 0 Å². The van der Waals surface area contributed by atoms with E-state index in [-0.39, 0.29) is 17.5 Å². The van der Waals surface area contributed by atoms with Crippen molar-refractivity contribution in [3.05, 3.63) is 11.8 Å². The molecule has 2 unspecified atom stereocenters. The molecule has 0 aromatic rings. The SMILES string of the molecule is COC1C=C(O[Si](C)(C)C)CSC1C(F)(F)C(F)(F)C(F)(F)C(F)(F)C(F)(F)C(F)F. The standard InChI is InChI=1S/C15H18F12O2SSi/c1-28-8-5-7(29-31(2,3)4)6-30-9(8)11(18,19)13(22,23)15(26,27)14(24,25)12(20,21)10(16)17/h5,8-10H,6H2,1-4H3. The predicted molar refractivity (Wildman–Crippen MR) is 90.3 cm³/mol. The van der Waals surface area contributed by atoms with Crippen molar-refractivity contribution in [1.82, 2.24) is 0 Å². The van der Waals surface area contributed by atoms with Gasteiger partial charge in [0.1, 0.15) is 5.25 Å². The van der Waals surface area contributed by atoms with Gasteiger partial charge in [0.05, 0.1) is 11.9 Å². The van der Waals surface area contributed by atoms with Crippen LogP contribution in [0, 0.1) is 0 Å². The van der Waals surface area contributed by atoms with E-state index in [2.05, 4.69) is 4.74 Å². The third kappa shape index (κ3) is 4.79. The number of hydrogen-bond acceptors (Lipinski definition) is 3. The van der Waals surface area contributed by atoms with Crippen LogP contribution < -0.4 is 0 Å². The van der Waals surface area contributed by atoms with E-state index in [1.54, 1.807) is 19.6 Å². The molecule has 1 rings (SSSR count). The Bertz CT molecular complexity index is 677. The Morgan fingerprint density at radius 1 is 0.903 bits per heavy atom. The van der Waals surface area contributed by atoms with Crippen molar-refractivity contribution in [2.24, 2.45) is 0 Å². The lowest BCUT2D eigenvalue weighted by Gasteiger charge is -2.43. The Kier molecular flexibility index (Phi) is 7.78. The highest BCUT2D eigenvalue weighted by Gasteiger charge is 2.88. The molecule has 0 fully saturated rings. The first-order valence-electron chi connectivity index (χ1n) is 8.29. The van der Waals surface area contributed by atoms with Crippen LogP contribution in [0.15, 0.2) is 11.8 Å². The highest BCUT2D eigenvalue weighted by atomic mass is 32.2. The number of hydrogen-bond donors (Lipinski definition) is 0. The van der Waals surface area contributed by atoms with E-state index < -0.39 is 61.5 Å². The summed E-state index contributed by atoms with van der Waals surface area (Å²) in [4.78, 5) is 0. The summed E-state index contributed by atoms with van der Waals surface area (Å²) >= 11 is -0.121. The molecule has 0 saturated carbocycles. The van der Waals surface area contributed by atoms with Crippen LogP contribution in [-0.2, 0) is 9.16 Å². The minimum atomic E-state index is -7.55. The molecule has 0 aromatic heterocycles. The van der Waals surface area contributed by atoms with Gasteiger partial charge in [0.15, 0.2) is 0 Å². The first-order chi connectivity index (χ1) is 13.6. The maximum absolute atomic E-state index is 14.4. The lowest BCUT2D eigenvalue weighted by Crippen LogP contribution is -2.71. The maximum Gasteiger partial charge on any atom is 0.384 e. The van der Waals surface area contributed by atoms with Crippen molar-refractivity contribution in [3.63, 3.8) is 0 Å². The zero-order chi connectivity index (χ0) is 24.8. The molecule has 0 aromatic carbocycles. The Morgan fingerprint density at radius 3 is 1.77 bits per heavy atom. The molecule has 0 amide bonds. The molecule has 2 nitrogen and oxygen atoms in total. The van der Waals surface area contributed by atoms with Gasteiger partial charge in [-0.15, -0.1) is 11.8 Å². The average molecular weight is 518 g/mol. The van der Waals surface area contributed by atoms with Crippen molar-refractivity contribution in [1.29, 1.82) is 0 Å². The monoisotopic (exact) mass is 518 g/mol. The van der Waals surface area contributed by atoms with Crippen molar-refractivity contribution >= 4 is 20.1 Å². The number of alkyl halides is 12.